The van der Waals surface area contributed by atoms with Crippen molar-refractivity contribution in [2.45, 2.75) is 12.4 Å². The van der Waals surface area contributed by atoms with Gasteiger partial charge in [0, 0.05) is 16.3 Å². The quantitative estimate of drug-likeness (QED) is 0.224. The predicted octanol–water partition coefficient (Wildman–Crippen LogP) is 8.51. The highest BCUT2D eigenvalue weighted by Gasteiger charge is 2.32. The molecule has 0 atom stereocenters. The number of aromatic nitrogens is 1. The first-order valence-corrected chi connectivity index (χ1v) is 11.1. The van der Waals surface area contributed by atoms with Gasteiger partial charge in [0.15, 0.2) is 0 Å². The van der Waals surface area contributed by atoms with E-state index in [1.807, 2.05) is 12.1 Å². The smallest absolute Gasteiger partial charge is 0.416 e. The van der Waals surface area contributed by atoms with Crippen molar-refractivity contribution in [1.82, 2.24) is 4.57 Å². The number of methoxy groups -OCH3 is 2. The third-order valence-electron chi connectivity index (χ3n) is 6.27. The van der Waals surface area contributed by atoms with Gasteiger partial charge in [-0.2, -0.15) is 26.3 Å². The van der Waals surface area contributed by atoms with Crippen molar-refractivity contribution in [1.29, 1.82) is 0 Å². The molecule has 0 spiro atoms. The van der Waals surface area contributed by atoms with Gasteiger partial charge in [-0.25, -0.2) is 0 Å². The molecule has 0 aliphatic heterocycles. The van der Waals surface area contributed by atoms with Crippen molar-refractivity contribution in [3.63, 3.8) is 0 Å². The Bertz CT molecular complexity index is 1550. The van der Waals surface area contributed by atoms with Gasteiger partial charge < -0.3 is 14.0 Å². The summed E-state index contributed by atoms with van der Waals surface area (Å²) in [6.45, 7) is 0. The van der Waals surface area contributed by atoms with Crippen LogP contribution in [0.4, 0.5) is 26.3 Å². The molecule has 9 heteroatoms. The molecule has 3 nitrogen and oxygen atoms in total. The summed E-state index contributed by atoms with van der Waals surface area (Å²) in [4.78, 5) is 0. The first-order chi connectivity index (χ1) is 17.5. The van der Waals surface area contributed by atoms with E-state index >= 15 is 0 Å². The number of ether oxygens (including phenoxy) is 2. The molecular weight excluding hydrogens is 496 g/mol. The summed E-state index contributed by atoms with van der Waals surface area (Å²) in [5.41, 5.74) is 0.285. The molecule has 0 amide bonds. The number of hydrogen-bond donors (Lipinski definition) is 0. The van der Waals surface area contributed by atoms with Crippen LogP contribution in [0.3, 0.4) is 0 Å². The number of rotatable bonds is 4. The first-order valence-electron chi connectivity index (χ1n) is 11.1. The summed E-state index contributed by atoms with van der Waals surface area (Å²) in [7, 11) is 3.05. The van der Waals surface area contributed by atoms with Crippen molar-refractivity contribution in [2.75, 3.05) is 14.2 Å². The fraction of sp³-hybridized carbons (Fsp3) is 0.143. The molecule has 0 saturated heterocycles. The minimum Gasteiger partial charge on any atom is -0.497 e. The molecule has 0 aliphatic rings. The highest BCUT2D eigenvalue weighted by Crippen LogP contribution is 2.41. The molecule has 0 radical (unpaired) electrons. The van der Waals surface area contributed by atoms with Gasteiger partial charge in [-0.15, -0.1) is 0 Å². The van der Waals surface area contributed by atoms with Crippen LogP contribution in [0, 0.1) is 0 Å². The zero-order chi connectivity index (χ0) is 26.5. The second-order valence-corrected chi connectivity index (χ2v) is 8.41. The van der Waals surface area contributed by atoms with Crippen LogP contribution in [0.5, 0.6) is 11.5 Å². The van der Waals surface area contributed by atoms with Crippen LogP contribution < -0.4 is 9.47 Å². The first kappa shape index (κ1) is 24.5. The van der Waals surface area contributed by atoms with E-state index in [9.17, 15) is 26.3 Å². The molecule has 0 unspecified atom stereocenters. The Hall–Kier alpha value is -4.14. The molecule has 37 heavy (non-hydrogen) atoms. The maximum atomic E-state index is 13.7. The van der Waals surface area contributed by atoms with Gasteiger partial charge in [-0.1, -0.05) is 12.1 Å². The van der Waals surface area contributed by atoms with Crippen LogP contribution in [-0.2, 0) is 12.4 Å². The lowest BCUT2D eigenvalue weighted by molar-refractivity contribution is -0.138. The number of benzene rings is 4. The van der Waals surface area contributed by atoms with Crippen molar-refractivity contribution in [3.05, 3.63) is 90.0 Å². The molecule has 0 aliphatic carbocycles. The van der Waals surface area contributed by atoms with Gasteiger partial charge in [-0.3, -0.25) is 0 Å². The van der Waals surface area contributed by atoms with E-state index in [0.29, 0.717) is 28.2 Å². The van der Waals surface area contributed by atoms with Gasteiger partial charge in [0.05, 0.1) is 42.1 Å². The normalized spacial score (nSPS) is 12.3. The number of hydrogen-bond acceptors (Lipinski definition) is 2. The average Bonchev–Trinajstić information content (AvgIpc) is 3.20. The number of nitrogens with zero attached hydrogens (tertiary/aromatic N) is 1. The summed E-state index contributed by atoms with van der Waals surface area (Å²) in [5.74, 6) is 1.18. The molecule has 0 bridgehead atoms. The van der Waals surface area contributed by atoms with Gasteiger partial charge in [-0.05, 0) is 72.3 Å². The lowest BCUT2D eigenvalue weighted by Gasteiger charge is -2.17. The summed E-state index contributed by atoms with van der Waals surface area (Å²) >= 11 is 0. The van der Waals surface area contributed by atoms with E-state index in [1.54, 1.807) is 28.8 Å². The van der Waals surface area contributed by atoms with Crippen molar-refractivity contribution in [3.8, 4) is 28.3 Å². The third kappa shape index (κ3) is 4.34. The average molecular weight is 515 g/mol. The van der Waals surface area contributed by atoms with Crippen LogP contribution in [0.1, 0.15) is 11.1 Å². The second-order valence-electron chi connectivity index (χ2n) is 8.41. The van der Waals surface area contributed by atoms with Gasteiger partial charge in [0.25, 0.3) is 0 Å². The standard InChI is InChI=1S/C28H19F6NO2/c1-36-19-8-11-25-22(14-19)23-15-20(37-2)9-12-26(23)35(25)24-10-7-18(28(32,33)34)13-21(24)16-3-5-17(6-4-16)27(29,30)31/h3-15H,1-2H3. The summed E-state index contributed by atoms with van der Waals surface area (Å²) in [6.07, 6.45) is -9.21. The zero-order valence-electron chi connectivity index (χ0n) is 19.5. The van der Waals surface area contributed by atoms with Crippen molar-refractivity contribution in [2.24, 2.45) is 0 Å². The SMILES string of the molecule is COc1ccc2c(c1)c1cc(OC)ccc1n2-c1ccc(C(F)(F)F)cc1-c1ccc(C(F)(F)F)cc1. The minimum atomic E-state index is -4.64. The van der Waals surface area contributed by atoms with Crippen LogP contribution >= 0.6 is 0 Å². The highest BCUT2D eigenvalue weighted by atomic mass is 19.4. The zero-order valence-corrected chi connectivity index (χ0v) is 19.5. The van der Waals surface area contributed by atoms with E-state index in [2.05, 4.69) is 0 Å². The summed E-state index contributed by atoms with van der Waals surface area (Å²) < 4.78 is 93.0. The van der Waals surface area contributed by atoms with Crippen LogP contribution in [0.25, 0.3) is 38.6 Å². The number of halogens is 6. The van der Waals surface area contributed by atoms with Gasteiger partial charge >= 0.3 is 12.4 Å². The Morgan fingerprint density at radius 1 is 0.568 bits per heavy atom. The number of alkyl halides is 6. The Morgan fingerprint density at radius 2 is 1.05 bits per heavy atom. The van der Waals surface area contributed by atoms with Gasteiger partial charge in [0.2, 0.25) is 0 Å². The fourth-order valence-corrected chi connectivity index (χ4v) is 4.47. The molecule has 190 valence electrons. The van der Waals surface area contributed by atoms with E-state index in [-0.39, 0.29) is 11.1 Å². The molecule has 1 heterocycles. The highest BCUT2D eigenvalue weighted by molar-refractivity contribution is 6.10. The Labute approximate surface area is 207 Å². The van der Waals surface area contributed by atoms with E-state index in [1.165, 1.54) is 32.4 Å². The van der Waals surface area contributed by atoms with E-state index < -0.39 is 23.5 Å². The molecule has 4 aromatic carbocycles. The Kier molecular flexibility index (Phi) is 5.81. The van der Waals surface area contributed by atoms with Crippen molar-refractivity contribution < 1.29 is 35.8 Å². The molecule has 5 rings (SSSR count). The number of fused-ring (bicyclic) bond motifs is 3. The molecule has 5 aromatic rings. The fourth-order valence-electron chi connectivity index (χ4n) is 4.47. The third-order valence-corrected chi connectivity index (χ3v) is 6.27. The summed E-state index contributed by atoms with van der Waals surface area (Å²) in [6, 6.07) is 18.0. The largest absolute Gasteiger partial charge is 0.497 e. The van der Waals surface area contributed by atoms with E-state index in [0.717, 1.165) is 35.0 Å². The Morgan fingerprint density at radius 3 is 1.51 bits per heavy atom. The van der Waals surface area contributed by atoms with Crippen LogP contribution in [-0.4, -0.2) is 18.8 Å². The van der Waals surface area contributed by atoms with E-state index in [4.69, 9.17) is 9.47 Å². The van der Waals surface area contributed by atoms with Crippen LogP contribution in [0.2, 0.25) is 0 Å². The maximum absolute atomic E-state index is 13.7. The molecule has 1 aromatic heterocycles. The lowest BCUT2D eigenvalue weighted by Crippen LogP contribution is -2.07. The van der Waals surface area contributed by atoms with Crippen LogP contribution in [0.15, 0.2) is 78.9 Å². The second kappa shape index (κ2) is 8.76. The monoisotopic (exact) mass is 515 g/mol. The molecule has 0 saturated carbocycles. The summed E-state index contributed by atoms with van der Waals surface area (Å²) in [5, 5.41) is 1.54. The topological polar surface area (TPSA) is 23.4 Å². The molecular formula is C28H19F6NO2. The lowest BCUT2D eigenvalue weighted by atomic mass is 9.99. The predicted molar refractivity (Wildman–Crippen MR) is 129 cm³/mol. The minimum absolute atomic E-state index is 0.133. The molecule has 0 fully saturated rings. The van der Waals surface area contributed by atoms with Crippen molar-refractivity contribution >= 4 is 21.8 Å². The Balaban J connectivity index is 1.84. The van der Waals surface area contributed by atoms with Gasteiger partial charge in [0.1, 0.15) is 11.5 Å². The maximum Gasteiger partial charge on any atom is 0.416 e. The molecule has 0 N–H and O–H groups in total.